The van der Waals surface area contributed by atoms with Gasteiger partial charge in [0.25, 0.3) is 0 Å². The van der Waals surface area contributed by atoms with Crippen LogP contribution in [0.4, 0.5) is 5.69 Å². The third-order valence-electron chi connectivity index (χ3n) is 4.31. The number of nitrogens with one attached hydrogen (secondary N) is 1. The number of nitro benzene ring substituents is 1. The Hall–Kier alpha value is -1.18. The predicted octanol–water partition coefficient (Wildman–Crippen LogP) is 3.59. The Morgan fingerprint density at radius 3 is 2.70 bits per heavy atom. The lowest BCUT2D eigenvalue weighted by Crippen LogP contribution is -2.45. The molecule has 0 saturated carbocycles. The molecule has 0 spiro atoms. The molecule has 1 fully saturated rings. The normalized spacial score (nSPS) is 17.1. The zero-order valence-electron chi connectivity index (χ0n) is 13.4. The standard InChI is InChI=1S/C16H24BrN3O3/c1-2-3-4-5-14(19-8-6-18-7-9-19)13-10-12(17)11-15(16(13)21)20(22)23/h10-11,14,18,21H,2-9H2,1H3/t14-/m0/s1. The Morgan fingerprint density at radius 2 is 2.09 bits per heavy atom. The van der Waals surface area contributed by atoms with E-state index in [1.54, 1.807) is 0 Å². The lowest BCUT2D eigenvalue weighted by atomic mass is 9.96. The number of rotatable bonds is 7. The molecule has 128 valence electrons. The van der Waals surface area contributed by atoms with Crippen LogP contribution in [0.1, 0.15) is 44.2 Å². The molecule has 0 unspecified atom stereocenters. The maximum atomic E-state index is 11.2. The van der Waals surface area contributed by atoms with Gasteiger partial charge in [0.15, 0.2) is 5.75 Å². The van der Waals surface area contributed by atoms with Gasteiger partial charge >= 0.3 is 5.69 Å². The first-order chi connectivity index (χ1) is 11.0. The van der Waals surface area contributed by atoms with Crippen molar-refractivity contribution in [1.29, 1.82) is 0 Å². The van der Waals surface area contributed by atoms with E-state index in [1.807, 2.05) is 6.07 Å². The van der Waals surface area contributed by atoms with Gasteiger partial charge in [-0.05, 0) is 12.5 Å². The largest absolute Gasteiger partial charge is 0.502 e. The highest BCUT2D eigenvalue weighted by atomic mass is 79.9. The fraction of sp³-hybridized carbons (Fsp3) is 0.625. The maximum Gasteiger partial charge on any atom is 0.312 e. The van der Waals surface area contributed by atoms with Crippen LogP contribution in [0.2, 0.25) is 0 Å². The minimum atomic E-state index is -0.523. The highest BCUT2D eigenvalue weighted by Gasteiger charge is 2.28. The van der Waals surface area contributed by atoms with Crippen molar-refractivity contribution in [2.45, 2.75) is 38.6 Å². The Kier molecular flexibility index (Phi) is 6.80. The molecule has 0 aromatic heterocycles. The number of nitro groups is 1. The third kappa shape index (κ3) is 4.65. The van der Waals surface area contributed by atoms with Gasteiger partial charge in [0.05, 0.1) is 4.92 Å². The smallest absolute Gasteiger partial charge is 0.312 e. The van der Waals surface area contributed by atoms with E-state index in [9.17, 15) is 15.2 Å². The van der Waals surface area contributed by atoms with Gasteiger partial charge < -0.3 is 10.4 Å². The fourth-order valence-electron chi connectivity index (χ4n) is 3.11. The molecule has 6 nitrogen and oxygen atoms in total. The highest BCUT2D eigenvalue weighted by Crippen LogP contribution is 2.40. The topological polar surface area (TPSA) is 78.6 Å². The van der Waals surface area contributed by atoms with Crippen LogP contribution >= 0.6 is 15.9 Å². The number of phenols is 1. The summed E-state index contributed by atoms with van der Waals surface area (Å²) in [7, 11) is 0. The van der Waals surface area contributed by atoms with Crippen LogP contribution < -0.4 is 5.32 Å². The van der Waals surface area contributed by atoms with Crippen LogP contribution in [-0.2, 0) is 0 Å². The van der Waals surface area contributed by atoms with Gasteiger partial charge in [-0.25, -0.2) is 0 Å². The molecule has 1 aromatic rings. The maximum absolute atomic E-state index is 11.2. The SMILES string of the molecule is CCCCC[C@@H](c1cc(Br)cc([N+](=O)[O-])c1O)N1CCNCC1. The van der Waals surface area contributed by atoms with Crippen molar-refractivity contribution in [3.8, 4) is 5.75 Å². The number of unbranched alkanes of at least 4 members (excludes halogenated alkanes) is 2. The number of aromatic hydroxyl groups is 1. The van der Waals surface area contributed by atoms with E-state index in [1.165, 1.54) is 6.07 Å². The molecule has 7 heteroatoms. The highest BCUT2D eigenvalue weighted by molar-refractivity contribution is 9.10. The summed E-state index contributed by atoms with van der Waals surface area (Å²) in [5, 5.41) is 24.9. The molecule has 0 amide bonds. The van der Waals surface area contributed by atoms with Crippen LogP contribution in [0.15, 0.2) is 16.6 Å². The van der Waals surface area contributed by atoms with Crippen LogP contribution in [0.3, 0.4) is 0 Å². The van der Waals surface area contributed by atoms with Gasteiger partial charge in [0, 0.05) is 48.3 Å². The number of phenolic OH excluding ortho intramolecular Hbond substituents is 1. The van der Waals surface area contributed by atoms with E-state index in [0.29, 0.717) is 10.0 Å². The molecule has 1 aromatic carbocycles. The first kappa shape index (κ1) is 18.2. The lowest BCUT2D eigenvalue weighted by Gasteiger charge is -2.35. The average molecular weight is 386 g/mol. The van der Waals surface area contributed by atoms with Crippen molar-refractivity contribution in [2.75, 3.05) is 26.2 Å². The van der Waals surface area contributed by atoms with Gasteiger partial charge in [-0.1, -0.05) is 42.1 Å². The van der Waals surface area contributed by atoms with E-state index in [2.05, 4.69) is 33.1 Å². The molecule has 1 aliphatic heterocycles. The number of hydrogen-bond acceptors (Lipinski definition) is 5. The Bertz CT molecular complexity index is 548. The number of benzene rings is 1. The minimum absolute atomic E-state index is 0.0137. The molecule has 23 heavy (non-hydrogen) atoms. The molecule has 1 heterocycles. The minimum Gasteiger partial charge on any atom is -0.502 e. The molecule has 0 aliphatic carbocycles. The summed E-state index contributed by atoms with van der Waals surface area (Å²) in [6.07, 6.45) is 4.19. The lowest BCUT2D eigenvalue weighted by molar-refractivity contribution is -0.386. The summed E-state index contributed by atoms with van der Waals surface area (Å²) >= 11 is 3.34. The molecular formula is C16H24BrN3O3. The quantitative estimate of drug-likeness (QED) is 0.425. The molecule has 2 N–H and O–H groups in total. The van der Waals surface area contributed by atoms with Crippen molar-refractivity contribution < 1.29 is 10.0 Å². The Labute approximate surface area is 145 Å². The van der Waals surface area contributed by atoms with E-state index in [4.69, 9.17) is 0 Å². The number of halogens is 1. The summed E-state index contributed by atoms with van der Waals surface area (Å²) < 4.78 is 0.632. The predicted molar refractivity (Wildman–Crippen MR) is 93.8 cm³/mol. The number of hydrogen-bond donors (Lipinski definition) is 2. The summed E-state index contributed by atoms with van der Waals surface area (Å²) in [6.45, 7) is 5.73. The Morgan fingerprint density at radius 1 is 1.39 bits per heavy atom. The van der Waals surface area contributed by atoms with E-state index in [0.717, 1.165) is 51.9 Å². The van der Waals surface area contributed by atoms with Crippen LogP contribution in [-0.4, -0.2) is 41.1 Å². The Balaban J connectivity index is 2.34. The first-order valence-electron chi connectivity index (χ1n) is 8.16. The van der Waals surface area contributed by atoms with Crippen LogP contribution in [0, 0.1) is 10.1 Å². The first-order valence-corrected chi connectivity index (χ1v) is 8.95. The zero-order chi connectivity index (χ0) is 16.8. The van der Waals surface area contributed by atoms with Crippen LogP contribution in [0.25, 0.3) is 0 Å². The molecule has 2 rings (SSSR count). The monoisotopic (exact) mass is 385 g/mol. The van der Waals surface area contributed by atoms with E-state index < -0.39 is 4.92 Å². The van der Waals surface area contributed by atoms with Crippen molar-refractivity contribution in [1.82, 2.24) is 10.2 Å². The second-order valence-electron chi connectivity index (χ2n) is 5.92. The van der Waals surface area contributed by atoms with Gasteiger partial charge in [-0.15, -0.1) is 0 Å². The van der Waals surface area contributed by atoms with Crippen molar-refractivity contribution in [3.63, 3.8) is 0 Å². The van der Waals surface area contributed by atoms with Gasteiger partial charge in [0.1, 0.15) is 0 Å². The summed E-state index contributed by atoms with van der Waals surface area (Å²) in [6, 6.07) is 3.19. The second-order valence-corrected chi connectivity index (χ2v) is 6.83. The molecular weight excluding hydrogens is 362 g/mol. The van der Waals surface area contributed by atoms with Gasteiger partial charge in [0.2, 0.25) is 0 Å². The molecule has 0 radical (unpaired) electrons. The van der Waals surface area contributed by atoms with E-state index >= 15 is 0 Å². The number of nitrogens with zero attached hydrogens (tertiary/aromatic N) is 2. The van der Waals surface area contributed by atoms with Crippen LogP contribution in [0.5, 0.6) is 5.75 Å². The van der Waals surface area contributed by atoms with Crippen molar-refractivity contribution >= 4 is 21.6 Å². The van der Waals surface area contributed by atoms with E-state index in [-0.39, 0.29) is 17.5 Å². The molecule has 0 bridgehead atoms. The molecule has 1 aliphatic rings. The second kappa shape index (κ2) is 8.61. The van der Waals surface area contributed by atoms with Crippen molar-refractivity contribution in [3.05, 3.63) is 32.3 Å². The zero-order valence-corrected chi connectivity index (χ0v) is 15.0. The van der Waals surface area contributed by atoms with Gasteiger partial charge in [-0.3, -0.25) is 15.0 Å². The fourth-order valence-corrected chi connectivity index (χ4v) is 3.58. The summed E-state index contributed by atoms with van der Waals surface area (Å²) in [4.78, 5) is 13.0. The number of piperazine rings is 1. The summed E-state index contributed by atoms with van der Waals surface area (Å²) in [5.74, 6) is -0.196. The molecule has 1 saturated heterocycles. The van der Waals surface area contributed by atoms with Crippen molar-refractivity contribution in [2.24, 2.45) is 0 Å². The third-order valence-corrected chi connectivity index (χ3v) is 4.77. The molecule has 1 atom stereocenters. The van der Waals surface area contributed by atoms with Gasteiger partial charge in [-0.2, -0.15) is 0 Å². The summed E-state index contributed by atoms with van der Waals surface area (Å²) in [5.41, 5.74) is 0.425. The average Bonchev–Trinajstić information content (AvgIpc) is 2.54.